The summed E-state index contributed by atoms with van der Waals surface area (Å²) in [5.41, 5.74) is 2.58. The fourth-order valence-electron chi connectivity index (χ4n) is 2.53. The van der Waals surface area contributed by atoms with Gasteiger partial charge >= 0.3 is 0 Å². The van der Waals surface area contributed by atoms with E-state index < -0.39 is 0 Å². The van der Waals surface area contributed by atoms with Crippen LogP contribution in [0.1, 0.15) is 43.1 Å². The van der Waals surface area contributed by atoms with Crippen LogP contribution in [0.25, 0.3) is 0 Å². The lowest BCUT2D eigenvalue weighted by Gasteiger charge is -2.28. The van der Waals surface area contributed by atoms with E-state index in [-0.39, 0.29) is 11.9 Å². The van der Waals surface area contributed by atoms with Gasteiger partial charge in [0.2, 0.25) is 0 Å². The minimum Gasteiger partial charge on any atom is -0.384 e. The van der Waals surface area contributed by atoms with Crippen LogP contribution in [0, 0.1) is 0 Å². The topological polar surface area (TPSA) is 32.3 Å². The zero-order valence-corrected chi connectivity index (χ0v) is 15.3. The number of amides is 1. The molecule has 0 aliphatic heterocycles. The van der Waals surface area contributed by atoms with E-state index >= 15 is 0 Å². The minimum atomic E-state index is -0.00467. The zero-order valence-electron chi connectivity index (χ0n) is 14.6. The second kappa shape index (κ2) is 8.74. The predicted molar refractivity (Wildman–Crippen MR) is 102 cm³/mol. The fourth-order valence-corrected chi connectivity index (χ4v) is 2.70. The minimum absolute atomic E-state index is 0.00467. The van der Waals surface area contributed by atoms with Gasteiger partial charge in [-0.15, -0.1) is 0 Å². The highest BCUT2D eigenvalue weighted by atomic mass is 35.5. The molecule has 24 heavy (non-hydrogen) atoms. The van der Waals surface area contributed by atoms with Crippen molar-refractivity contribution in [1.82, 2.24) is 4.90 Å². The lowest BCUT2D eigenvalue weighted by atomic mass is 10.1. The van der Waals surface area contributed by atoms with Gasteiger partial charge in [0.1, 0.15) is 0 Å². The summed E-state index contributed by atoms with van der Waals surface area (Å²) in [7, 11) is 0. The highest BCUT2D eigenvalue weighted by molar-refractivity contribution is 6.31. The summed E-state index contributed by atoms with van der Waals surface area (Å²) in [4.78, 5) is 15.0. The number of carbonyl (C=O) groups excluding carboxylic acids is 1. The van der Waals surface area contributed by atoms with Gasteiger partial charge in [0.15, 0.2) is 0 Å². The maximum absolute atomic E-state index is 13.2. The Labute approximate surface area is 149 Å². The van der Waals surface area contributed by atoms with E-state index in [0.29, 0.717) is 17.1 Å². The average molecular weight is 345 g/mol. The Bertz CT molecular complexity index is 671. The zero-order chi connectivity index (χ0) is 17.5. The van der Waals surface area contributed by atoms with Crippen LogP contribution >= 0.6 is 11.6 Å². The summed E-state index contributed by atoms with van der Waals surface area (Å²) in [6, 6.07) is 15.6. The normalized spacial score (nSPS) is 10.7. The van der Waals surface area contributed by atoms with Gasteiger partial charge in [0.25, 0.3) is 5.91 Å². The van der Waals surface area contributed by atoms with E-state index in [9.17, 15) is 4.79 Å². The molecule has 0 atom stereocenters. The van der Waals surface area contributed by atoms with E-state index in [1.54, 1.807) is 6.07 Å². The maximum Gasteiger partial charge on any atom is 0.256 e. The van der Waals surface area contributed by atoms with Crippen molar-refractivity contribution >= 4 is 23.2 Å². The molecule has 0 saturated carbocycles. The summed E-state index contributed by atoms with van der Waals surface area (Å²) in [6.45, 7) is 7.56. The van der Waals surface area contributed by atoms with Gasteiger partial charge in [-0.05, 0) is 44.0 Å². The van der Waals surface area contributed by atoms with Crippen molar-refractivity contribution in [3.8, 4) is 0 Å². The largest absolute Gasteiger partial charge is 0.384 e. The van der Waals surface area contributed by atoms with Gasteiger partial charge in [-0.1, -0.05) is 48.9 Å². The molecule has 0 spiro atoms. The molecule has 2 rings (SSSR count). The lowest BCUT2D eigenvalue weighted by Crippen LogP contribution is -2.36. The molecule has 4 heteroatoms. The van der Waals surface area contributed by atoms with Crippen LogP contribution in [0.5, 0.6) is 0 Å². The maximum atomic E-state index is 13.2. The van der Waals surface area contributed by atoms with Crippen LogP contribution < -0.4 is 5.32 Å². The highest BCUT2D eigenvalue weighted by Crippen LogP contribution is 2.24. The first kappa shape index (κ1) is 18.3. The number of hydrogen-bond donors (Lipinski definition) is 1. The van der Waals surface area contributed by atoms with E-state index in [2.05, 4.69) is 12.2 Å². The Kier molecular flexibility index (Phi) is 6.68. The molecule has 0 radical (unpaired) electrons. The molecule has 0 fully saturated rings. The molecule has 0 bridgehead atoms. The standard InChI is InChI=1S/C20H25ClN2O/c1-4-12-22-19-11-10-17(21)13-18(19)20(24)23(15(2)3)14-16-8-6-5-7-9-16/h5-11,13,15,22H,4,12,14H2,1-3H3. The number of benzene rings is 2. The lowest BCUT2D eigenvalue weighted by molar-refractivity contribution is 0.0691. The molecule has 0 unspecified atom stereocenters. The molecular formula is C20H25ClN2O. The third-order valence-electron chi connectivity index (χ3n) is 3.86. The molecule has 3 nitrogen and oxygen atoms in total. The number of nitrogens with zero attached hydrogens (tertiary/aromatic N) is 1. The second-order valence-electron chi connectivity index (χ2n) is 6.13. The molecule has 0 aliphatic carbocycles. The van der Waals surface area contributed by atoms with Gasteiger partial charge in [-0.25, -0.2) is 0 Å². The second-order valence-corrected chi connectivity index (χ2v) is 6.57. The van der Waals surface area contributed by atoms with Crippen LogP contribution in [0.2, 0.25) is 5.02 Å². The summed E-state index contributed by atoms with van der Waals surface area (Å²) in [5.74, 6) is -0.00467. The van der Waals surface area contributed by atoms with Crippen molar-refractivity contribution in [3.05, 3.63) is 64.7 Å². The monoisotopic (exact) mass is 344 g/mol. The van der Waals surface area contributed by atoms with Crippen LogP contribution in [-0.2, 0) is 6.54 Å². The number of carbonyl (C=O) groups is 1. The Morgan fingerprint density at radius 2 is 1.88 bits per heavy atom. The Balaban J connectivity index is 2.30. The summed E-state index contributed by atoms with van der Waals surface area (Å²) >= 11 is 6.14. The summed E-state index contributed by atoms with van der Waals surface area (Å²) in [5, 5.41) is 3.90. The first-order valence-corrected chi connectivity index (χ1v) is 8.79. The van der Waals surface area contributed by atoms with Crippen LogP contribution in [0.3, 0.4) is 0 Å². The molecule has 2 aromatic carbocycles. The molecular weight excluding hydrogens is 320 g/mol. The van der Waals surface area contributed by atoms with E-state index in [1.807, 2.05) is 61.2 Å². The van der Waals surface area contributed by atoms with Crippen LogP contribution in [0.4, 0.5) is 5.69 Å². The molecule has 1 N–H and O–H groups in total. The van der Waals surface area contributed by atoms with Gasteiger partial charge in [-0.3, -0.25) is 4.79 Å². The van der Waals surface area contributed by atoms with Crippen LogP contribution in [0.15, 0.2) is 48.5 Å². The molecule has 0 heterocycles. The summed E-state index contributed by atoms with van der Waals surface area (Å²) in [6.07, 6.45) is 0.994. The van der Waals surface area contributed by atoms with Gasteiger partial charge in [0.05, 0.1) is 5.56 Å². The smallest absolute Gasteiger partial charge is 0.256 e. The molecule has 1 amide bonds. The van der Waals surface area contributed by atoms with Gasteiger partial charge in [0, 0.05) is 29.8 Å². The van der Waals surface area contributed by atoms with Crippen molar-refractivity contribution < 1.29 is 4.79 Å². The number of rotatable bonds is 7. The Morgan fingerprint density at radius 1 is 1.17 bits per heavy atom. The third kappa shape index (κ3) is 4.75. The molecule has 0 aromatic heterocycles. The number of nitrogens with one attached hydrogen (secondary N) is 1. The predicted octanol–water partition coefficient (Wildman–Crippen LogP) is 5.21. The summed E-state index contributed by atoms with van der Waals surface area (Å²) < 4.78 is 0. The first-order chi connectivity index (χ1) is 11.5. The van der Waals surface area contributed by atoms with Crippen molar-refractivity contribution in [3.63, 3.8) is 0 Å². The Morgan fingerprint density at radius 3 is 2.50 bits per heavy atom. The van der Waals surface area contributed by atoms with Gasteiger partial charge in [-0.2, -0.15) is 0 Å². The Hall–Kier alpha value is -2.00. The van der Waals surface area contributed by atoms with E-state index in [1.165, 1.54) is 0 Å². The molecule has 2 aromatic rings. The van der Waals surface area contributed by atoms with E-state index in [4.69, 9.17) is 11.6 Å². The van der Waals surface area contributed by atoms with E-state index in [0.717, 1.165) is 24.2 Å². The SMILES string of the molecule is CCCNc1ccc(Cl)cc1C(=O)N(Cc1ccccc1)C(C)C. The quantitative estimate of drug-likeness (QED) is 0.747. The van der Waals surface area contributed by atoms with Crippen molar-refractivity contribution in [1.29, 1.82) is 0 Å². The first-order valence-electron chi connectivity index (χ1n) is 8.41. The fraction of sp³-hybridized carbons (Fsp3) is 0.350. The average Bonchev–Trinajstić information content (AvgIpc) is 2.58. The number of anilines is 1. The highest BCUT2D eigenvalue weighted by Gasteiger charge is 2.22. The van der Waals surface area contributed by atoms with Crippen molar-refractivity contribution in [2.45, 2.75) is 39.8 Å². The van der Waals surface area contributed by atoms with Crippen molar-refractivity contribution in [2.75, 3.05) is 11.9 Å². The third-order valence-corrected chi connectivity index (χ3v) is 4.09. The molecule has 0 aliphatic rings. The molecule has 128 valence electrons. The number of halogens is 1. The molecule has 0 saturated heterocycles. The number of hydrogen-bond acceptors (Lipinski definition) is 2. The van der Waals surface area contributed by atoms with Gasteiger partial charge < -0.3 is 10.2 Å². The van der Waals surface area contributed by atoms with Crippen LogP contribution in [-0.4, -0.2) is 23.4 Å². The van der Waals surface area contributed by atoms with Crippen molar-refractivity contribution in [2.24, 2.45) is 0 Å².